The van der Waals surface area contributed by atoms with Crippen LogP contribution in [0.15, 0.2) is 72.9 Å². The highest BCUT2D eigenvalue weighted by atomic mass is 16.3. The number of nitrogens with one attached hydrogen (secondary N) is 1. The molecule has 3 N–H and O–H groups in total. The molecule has 0 aliphatic rings. The van der Waals surface area contributed by atoms with Crippen molar-refractivity contribution in [1.29, 1.82) is 0 Å². The van der Waals surface area contributed by atoms with Crippen molar-refractivity contribution in [3.63, 3.8) is 0 Å². The topological polar surface area (TPSA) is 69.6 Å². The maximum Gasteiger partial charge on any atom is 0.220 e. The Morgan fingerprint density at radius 2 is 0.579 bits per heavy atom. The fourth-order valence-electron chi connectivity index (χ4n) is 10.6. The number of aliphatic hydroxyl groups is 2. The highest BCUT2D eigenvalue weighted by molar-refractivity contribution is 5.76. The van der Waals surface area contributed by atoms with Gasteiger partial charge in [0.15, 0.2) is 0 Å². The van der Waals surface area contributed by atoms with Crippen LogP contribution in [0.5, 0.6) is 0 Å². The quantitative estimate of drug-likeness (QED) is 0.0420. The molecule has 4 heteroatoms. The molecule has 0 radical (unpaired) electrons. The van der Waals surface area contributed by atoms with Gasteiger partial charge in [-0.15, -0.1) is 0 Å². The predicted octanol–water partition coefficient (Wildman–Crippen LogP) is 23.3. The monoisotopic (exact) mass is 1060 g/mol. The Labute approximate surface area is 476 Å². The summed E-state index contributed by atoms with van der Waals surface area (Å²) in [5, 5.41) is 23.3. The van der Waals surface area contributed by atoms with E-state index in [0.717, 1.165) is 57.8 Å². The average Bonchev–Trinajstić information content (AvgIpc) is 3.42. The Morgan fingerprint density at radius 1 is 0.329 bits per heavy atom. The minimum absolute atomic E-state index is 0.0573. The second kappa shape index (κ2) is 67.1. The lowest BCUT2D eigenvalue weighted by atomic mass is 10.0. The zero-order valence-electron chi connectivity index (χ0n) is 51.3. The Kier molecular flexibility index (Phi) is 65.2. The molecule has 1 amide bonds. The largest absolute Gasteiger partial charge is 0.394 e. The van der Waals surface area contributed by atoms with Gasteiger partial charge in [-0.1, -0.05) is 363 Å². The van der Waals surface area contributed by atoms with Crippen molar-refractivity contribution in [2.45, 2.75) is 373 Å². The molecular weight excluding hydrogens is 927 g/mol. The molecule has 0 aromatic carbocycles. The summed E-state index contributed by atoms with van der Waals surface area (Å²) in [6.07, 6.45) is 97.0. The molecule has 0 saturated heterocycles. The van der Waals surface area contributed by atoms with Crippen molar-refractivity contribution in [1.82, 2.24) is 5.32 Å². The first kappa shape index (κ1) is 73.8. The van der Waals surface area contributed by atoms with Crippen LogP contribution in [0.3, 0.4) is 0 Å². The Balaban J connectivity index is 3.42. The number of allylic oxidation sites excluding steroid dienone is 11. The van der Waals surface area contributed by atoms with Gasteiger partial charge < -0.3 is 15.5 Å². The van der Waals surface area contributed by atoms with E-state index in [1.165, 1.54) is 283 Å². The lowest BCUT2D eigenvalue weighted by Gasteiger charge is -2.20. The van der Waals surface area contributed by atoms with E-state index < -0.39 is 12.1 Å². The highest BCUT2D eigenvalue weighted by Crippen LogP contribution is 2.19. The van der Waals surface area contributed by atoms with Gasteiger partial charge >= 0.3 is 0 Å². The van der Waals surface area contributed by atoms with Gasteiger partial charge in [0, 0.05) is 6.42 Å². The maximum absolute atomic E-state index is 12.5. The maximum atomic E-state index is 12.5. The summed E-state index contributed by atoms with van der Waals surface area (Å²) in [5.41, 5.74) is 0. The summed E-state index contributed by atoms with van der Waals surface area (Å²) < 4.78 is 0. The number of hydrogen-bond acceptors (Lipinski definition) is 3. The van der Waals surface area contributed by atoms with E-state index in [0.29, 0.717) is 6.42 Å². The van der Waals surface area contributed by atoms with Crippen LogP contribution in [0, 0.1) is 0 Å². The van der Waals surface area contributed by atoms with Crippen molar-refractivity contribution in [2.75, 3.05) is 6.61 Å². The standard InChI is InChI=1S/C72H133NO3/c1-3-5-7-9-11-13-15-17-19-21-23-25-27-28-29-30-31-32-33-34-35-36-37-38-39-40-41-42-43-44-46-48-50-52-54-56-58-60-62-64-66-68-72(76)73-70(69-74)71(75)67-65-63-61-59-57-55-53-51-49-47-45-26-24-22-20-18-16-14-12-10-8-6-4-2/h5,7,11,13,17,19,23,25,28-29,65,67,70-71,74-75H,3-4,6,8-10,12,14-16,18,20-22,24,26-27,30-64,66,68-69H2,1-2H3,(H,73,76)/b7-5-,13-11-,19-17-,25-23-,29-28-,67-65+. The molecule has 0 heterocycles. The molecule has 0 aliphatic heterocycles. The SMILES string of the molecule is CC/C=C\C/C=C\C/C=C\C/C=C\C/C=C\CCCCCCCCCCCCCCCCCCCCCCCCCCCC(=O)NC(CO)C(O)/C=C/CCCCCCCCCCCCCCCCCCCCCCC. The number of unbranched alkanes of at least 4 members (excludes halogenated alkanes) is 46. The van der Waals surface area contributed by atoms with Crippen LogP contribution >= 0.6 is 0 Å². The van der Waals surface area contributed by atoms with E-state index in [9.17, 15) is 15.0 Å². The zero-order valence-corrected chi connectivity index (χ0v) is 51.3. The van der Waals surface area contributed by atoms with Gasteiger partial charge in [-0.3, -0.25) is 4.79 Å². The van der Waals surface area contributed by atoms with E-state index >= 15 is 0 Å². The van der Waals surface area contributed by atoms with E-state index in [1.54, 1.807) is 6.08 Å². The fourth-order valence-corrected chi connectivity index (χ4v) is 10.6. The lowest BCUT2D eigenvalue weighted by molar-refractivity contribution is -0.123. The molecule has 76 heavy (non-hydrogen) atoms. The number of hydrogen-bond donors (Lipinski definition) is 3. The molecule has 2 unspecified atom stereocenters. The van der Waals surface area contributed by atoms with Gasteiger partial charge in [0.05, 0.1) is 18.8 Å². The molecule has 2 atom stereocenters. The van der Waals surface area contributed by atoms with Crippen molar-refractivity contribution in [3.8, 4) is 0 Å². The summed E-state index contributed by atoms with van der Waals surface area (Å²) in [4.78, 5) is 12.5. The summed E-state index contributed by atoms with van der Waals surface area (Å²) in [5.74, 6) is -0.0573. The van der Waals surface area contributed by atoms with E-state index in [4.69, 9.17) is 0 Å². The van der Waals surface area contributed by atoms with Crippen molar-refractivity contribution < 1.29 is 15.0 Å². The fraction of sp³-hybridized carbons (Fsp3) is 0.819. The Hall–Kier alpha value is -2.17. The van der Waals surface area contributed by atoms with Crippen molar-refractivity contribution >= 4 is 5.91 Å². The third-order valence-electron chi connectivity index (χ3n) is 15.7. The minimum Gasteiger partial charge on any atom is -0.394 e. The smallest absolute Gasteiger partial charge is 0.220 e. The minimum atomic E-state index is -0.840. The predicted molar refractivity (Wildman–Crippen MR) is 341 cm³/mol. The first-order valence-corrected chi connectivity index (χ1v) is 34.2. The molecule has 0 rings (SSSR count). The Morgan fingerprint density at radius 3 is 0.868 bits per heavy atom. The van der Waals surface area contributed by atoms with Crippen LogP contribution in [-0.2, 0) is 4.79 Å². The second-order valence-electron chi connectivity index (χ2n) is 23.2. The van der Waals surface area contributed by atoms with Crippen LogP contribution in [0.4, 0.5) is 0 Å². The molecule has 0 aromatic rings. The molecule has 0 saturated carbocycles. The number of amides is 1. The number of aliphatic hydroxyl groups excluding tert-OH is 2. The van der Waals surface area contributed by atoms with Crippen LogP contribution in [0.25, 0.3) is 0 Å². The van der Waals surface area contributed by atoms with Gasteiger partial charge in [0.25, 0.3) is 0 Å². The van der Waals surface area contributed by atoms with Crippen LogP contribution in [-0.4, -0.2) is 34.9 Å². The van der Waals surface area contributed by atoms with Crippen molar-refractivity contribution in [3.05, 3.63) is 72.9 Å². The van der Waals surface area contributed by atoms with Gasteiger partial charge in [0.1, 0.15) is 0 Å². The number of carbonyl (C=O) groups is 1. The molecule has 444 valence electrons. The number of rotatable bonds is 63. The third-order valence-corrected chi connectivity index (χ3v) is 15.7. The second-order valence-corrected chi connectivity index (χ2v) is 23.2. The molecule has 0 fully saturated rings. The lowest BCUT2D eigenvalue weighted by Crippen LogP contribution is -2.45. The number of carbonyl (C=O) groups excluding carboxylic acids is 1. The third kappa shape index (κ3) is 62.7. The van der Waals surface area contributed by atoms with Gasteiger partial charge in [-0.25, -0.2) is 0 Å². The summed E-state index contributed by atoms with van der Waals surface area (Å²) in [6.45, 7) is 4.23. The van der Waals surface area contributed by atoms with Gasteiger partial charge in [-0.05, 0) is 64.2 Å². The van der Waals surface area contributed by atoms with Gasteiger partial charge in [0.2, 0.25) is 5.91 Å². The van der Waals surface area contributed by atoms with Gasteiger partial charge in [-0.2, -0.15) is 0 Å². The van der Waals surface area contributed by atoms with Crippen molar-refractivity contribution in [2.24, 2.45) is 0 Å². The first-order chi connectivity index (χ1) is 37.7. The van der Waals surface area contributed by atoms with Crippen LogP contribution in [0.2, 0.25) is 0 Å². The molecule has 0 aliphatic carbocycles. The molecule has 0 aromatic heterocycles. The molecule has 4 nitrogen and oxygen atoms in total. The Bertz CT molecular complexity index is 1290. The first-order valence-electron chi connectivity index (χ1n) is 34.2. The van der Waals surface area contributed by atoms with E-state index in [-0.39, 0.29) is 12.5 Å². The molecule has 0 bridgehead atoms. The summed E-state index contributed by atoms with van der Waals surface area (Å²) in [6, 6.07) is -0.623. The normalized spacial score (nSPS) is 13.2. The zero-order chi connectivity index (χ0) is 54.8. The average molecular weight is 1060 g/mol. The van der Waals surface area contributed by atoms with Crippen LogP contribution < -0.4 is 5.32 Å². The summed E-state index contributed by atoms with van der Waals surface area (Å²) >= 11 is 0. The molecular formula is C72H133NO3. The van der Waals surface area contributed by atoms with E-state index in [1.807, 2.05) is 6.08 Å². The highest BCUT2D eigenvalue weighted by Gasteiger charge is 2.18. The van der Waals surface area contributed by atoms with E-state index in [2.05, 4.69) is 79.9 Å². The molecule has 0 spiro atoms. The van der Waals surface area contributed by atoms with Crippen LogP contribution in [0.1, 0.15) is 361 Å². The summed E-state index contributed by atoms with van der Waals surface area (Å²) in [7, 11) is 0.